The van der Waals surface area contributed by atoms with Crippen molar-refractivity contribution in [2.24, 2.45) is 10.8 Å². The summed E-state index contributed by atoms with van der Waals surface area (Å²) in [7, 11) is 0. The topological polar surface area (TPSA) is 127 Å². The molecule has 0 heterocycles. The molecular weight excluding hydrogens is 438 g/mol. The number of hydroxylamine groups is 1. The SMILES string of the molecule is CC(C)(C)C(=O)c1ccc(C(=O)c2cc(C(=O)C(C)(C)C)ccc2C(=O)NOCC(=O)O)cc1. The largest absolute Gasteiger partial charge is 0.479 e. The van der Waals surface area contributed by atoms with Crippen molar-refractivity contribution in [3.05, 3.63) is 70.3 Å². The third kappa shape index (κ3) is 6.45. The summed E-state index contributed by atoms with van der Waals surface area (Å²) in [4.78, 5) is 66.5. The number of rotatable bonds is 8. The number of ketones is 3. The minimum atomic E-state index is -1.28. The molecule has 0 saturated heterocycles. The molecular formula is C26H29NO7. The normalized spacial score (nSPS) is 11.6. The van der Waals surface area contributed by atoms with Crippen LogP contribution in [-0.2, 0) is 9.63 Å². The lowest BCUT2D eigenvalue weighted by Crippen LogP contribution is -2.28. The van der Waals surface area contributed by atoms with Gasteiger partial charge in [-0.3, -0.25) is 24.0 Å². The predicted molar refractivity (Wildman–Crippen MR) is 125 cm³/mol. The zero-order valence-corrected chi connectivity index (χ0v) is 20.1. The molecule has 34 heavy (non-hydrogen) atoms. The third-order valence-electron chi connectivity index (χ3n) is 4.90. The van der Waals surface area contributed by atoms with Gasteiger partial charge in [0.1, 0.15) is 0 Å². The number of amides is 1. The van der Waals surface area contributed by atoms with E-state index >= 15 is 0 Å². The van der Waals surface area contributed by atoms with Crippen molar-refractivity contribution in [3.63, 3.8) is 0 Å². The van der Waals surface area contributed by atoms with Crippen LogP contribution in [0.4, 0.5) is 0 Å². The second-order valence-corrected chi connectivity index (χ2v) is 9.94. The van der Waals surface area contributed by atoms with Crippen LogP contribution < -0.4 is 5.48 Å². The van der Waals surface area contributed by atoms with Crippen molar-refractivity contribution in [2.45, 2.75) is 41.5 Å². The van der Waals surface area contributed by atoms with Gasteiger partial charge in [0, 0.05) is 33.1 Å². The molecule has 0 aromatic heterocycles. The molecule has 0 atom stereocenters. The lowest BCUT2D eigenvalue weighted by molar-refractivity contribution is -0.144. The highest BCUT2D eigenvalue weighted by molar-refractivity contribution is 6.16. The lowest BCUT2D eigenvalue weighted by Gasteiger charge is -2.18. The molecule has 0 aliphatic carbocycles. The number of aliphatic carboxylic acids is 1. The Bertz CT molecular complexity index is 1130. The minimum absolute atomic E-state index is 0.0542. The van der Waals surface area contributed by atoms with Crippen molar-refractivity contribution < 1.29 is 33.9 Å². The summed E-state index contributed by atoms with van der Waals surface area (Å²) in [5, 5.41) is 8.68. The molecule has 2 rings (SSSR count). The molecule has 0 aliphatic heterocycles. The number of carboxylic acids is 1. The number of hydrogen-bond donors (Lipinski definition) is 2. The van der Waals surface area contributed by atoms with E-state index in [1.807, 2.05) is 5.48 Å². The fourth-order valence-electron chi connectivity index (χ4n) is 3.08. The number of hydrogen-bond acceptors (Lipinski definition) is 6. The standard InChI is InChI=1S/C26H29NO7/c1-25(2,3)22(31)16-9-7-15(8-10-16)21(30)19-13-17(23(32)26(4,5)6)11-12-18(19)24(33)27-34-14-20(28)29/h7-13H,14H2,1-6H3,(H,27,33)(H,28,29). The average Bonchev–Trinajstić information content (AvgIpc) is 2.75. The van der Waals surface area contributed by atoms with E-state index in [2.05, 4.69) is 4.84 Å². The molecule has 0 saturated carbocycles. The molecule has 2 aromatic carbocycles. The Morgan fingerprint density at radius 3 is 1.71 bits per heavy atom. The van der Waals surface area contributed by atoms with Gasteiger partial charge in [0.2, 0.25) is 0 Å². The van der Waals surface area contributed by atoms with E-state index in [9.17, 15) is 24.0 Å². The van der Waals surface area contributed by atoms with Crippen molar-refractivity contribution in [2.75, 3.05) is 6.61 Å². The highest BCUT2D eigenvalue weighted by Crippen LogP contribution is 2.25. The first-order valence-corrected chi connectivity index (χ1v) is 10.6. The Morgan fingerprint density at radius 1 is 0.735 bits per heavy atom. The number of carbonyl (C=O) groups excluding carboxylic acids is 4. The highest BCUT2D eigenvalue weighted by Gasteiger charge is 2.27. The molecule has 0 spiro atoms. The monoisotopic (exact) mass is 467 g/mol. The summed E-state index contributed by atoms with van der Waals surface area (Å²) < 4.78 is 0. The first-order chi connectivity index (χ1) is 15.6. The second-order valence-electron chi connectivity index (χ2n) is 9.94. The van der Waals surface area contributed by atoms with Gasteiger partial charge in [0.05, 0.1) is 5.56 Å². The number of Topliss-reactive ketones (excluding diaryl/α,β-unsaturated/α-hetero) is 2. The van der Waals surface area contributed by atoms with Crippen LogP contribution in [0.15, 0.2) is 42.5 Å². The summed E-state index contributed by atoms with van der Waals surface area (Å²) in [6, 6.07) is 10.2. The zero-order chi connectivity index (χ0) is 25.8. The van der Waals surface area contributed by atoms with Gasteiger partial charge in [-0.2, -0.15) is 0 Å². The van der Waals surface area contributed by atoms with E-state index in [-0.39, 0.29) is 33.8 Å². The number of carboxylic acid groups (broad SMARTS) is 1. The highest BCUT2D eigenvalue weighted by atomic mass is 16.7. The maximum atomic E-state index is 13.3. The number of carbonyl (C=O) groups is 5. The summed E-state index contributed by atoms with van der Waals surface area (Å²) >= 11 is 0. The third-order valence-corrected chi connectivity index (χ3v) is 4.90. The van der Waals surface area contributed by atoms with Crippen molar-refractivity contribution in [3.8, 4) is 0 Å². The van der Waals surface area contributed by atoms with Crippen LogP contribution in [0.3, 0.4) is 0 Å². The van der Waals surface area contributed by atoms with E-state index in [1.165, 1.54) is 30.3 Å². The molecule has 0 radical (unpaired) electrons. The first-order valence-electron chi connectivity index (χ1n) is 10.6. The maximum Gasteiger partial charge on any atom is 0.332 e. The molecule has 8 heteroatoms. The van der Waals surface area contributed by atoms with Gasteiger partial charge in [0.15, 0.2) is 24.0 Å². The Labute approximate surface area is 198 Å². The van der Waals surface area contributed by atoms with Crippen LogP contribution >= 0.6 is 0 Å². The van der Waals surface area contributed by atoms with E-state index < -0.39 is 35.1 Å². The molecule has 0 fully saturated rings. The fourth-order valence-corrected chi connectivity index (χ4v) is 3.08. The molecule has 1 amide bonds. The second kappa shape index (κ2) is 10.1. The van der Waals surface area contributed by atoms with Crippen molar-refractivity contribution >= 4 is 29.2 Å². The maximum absolute atomic E-state index is 13.3. The Kier molecular flexibility index (Phi) is 7.89. The molecule has 0 bridgehead atoms. The molecule has 2 N–H and O–H groups in total. The van der Waals surface area contributed by atoms with Gasteiger partial charge in [-0.25, -0.2) is 10.3 Å². The summed E-state index contributed by atoms with van der Waals surface area (Å²) in [6.45, 7) is 9.83. The van der Waals surface area contributed by atoms with Crippen LogP contribution in [0.1, 0.15) is 88.5 Å². The van der Waals surface area contributed by atoms with Crippen LogP contribution in [0.2, 0.25) is 0 Å². The first kappa shape index (κ1) is 26.6. The predicted octanol–water partition coefficient (Wildman–Crippen LogP) is 4.12. The Balaban J connectivity index is 2.49. The Morgan fingerprint density at radius 2 is 1.21 bits per heavy atom. The van der Waals surface area contributed by atoms with Gasteiger partial charge >= 0.3 is 5.97 Å². The number of benzene rings is 2. The van der Waals surface area contributed by atoms with Gasteiger partial charge < -0.3 is 5.11 Å². The van der Waals surface area contributed by atoms with Gasteiger partial charge in [-0.05, 0) is 12.1 Å². The average molecular weight is 468 g/mol. The summed E-state index contributed by atoms with van der Waals surface area (Å²) in [6.07, 6.45) is 0. The van der Waals surface area contributed by atoms with Gasteiger partial charge in [0.25, 0.3) is 5.91 Å². The van der Waals surface area contributed by atoms with E-state index in [4.69, 9.17) is 5.11 Å². The van der Waals surface area contributed by atoms with Crippen LogP contribution in [0.5, 0.6) is 0 Å². The molecule has 180 valence electrons. The summed E-state index contributed by atoms with van der Waals surface area (Å²) in [5.74, 6) is -2.96. The number of nitrogens with one attached hydrogen (secondary N) is 1. The van der Waals surface area contributed by atoms with Gasteiger partial charge in [-0.15, -0.1) is 0 Å². The zero-order valence-electron chi connectivity index (χ0n) is 20.1. The van der Waals surface area contributed by atoms with Crippen LogP contribution in [0, 0.1) is 10.8 Å². The summed E-state index contributed by atoms with van der Waals surface area (Å²) in [5.41, 5.74) is 1.45. The quantitative estimate of drug-likeness (QED) is 0.442. The van der Waals surface area contributed by atoms with E-state index in [1.54, 1.807) is 53.7 Å². The fraction of sp³-hybridized carbons (Fsp3) is 0.346. The van der Waals surface area contributed by atoms with E-state index in [0.717, 1.165) is 0 Å². The minimum Gasteiger partial charge on any atom is -0.479 e. The molecule has 8 nitrogen and oxygen atoms in total. The van der Waals surface area contributed by atoms with Crippen LogP contribution in [-0.4, -0.2) is 40.9 Å². The van der Waals surface area contributed by atoms with Crippen LogP contribution in [0.25, 0.3) is 0 Å². The molecule has 0 unspecified atom stereocenters. The molecule has 2 aromatic rings. The lowest BCUT2D eigenvalue weighted by atomic mass is 9.84. The van der Waals surface area contributed by atoms with Gasteiger partial charge in [-0.1, -0.05) is 71.9 Å². The van der Waals surface area contributed by atoms with E-state index in [0.29, 0.717) is 5.56 Å². The Hall–Kier alpha value is -3.65. The van der Waals surface area contributed by atoms with Crippen molar-refractivity contribution in [1.82, 2.24) is 5.48 Å². The van der Waals surface area contributed by atoms with Crippen molar-refractivity contribution in [1.29, 1.82) is 0 Å². The smallest absolute Gasteiger partial charge is 0.332 e. The molecule has 0 aliphatic rings.